The van der Waals surface area contributed by atoms with Gasteiger partial charge in [-0.15, -0.1) is 0 Å². The first-order valence-electron chi connectivity index (χ1n) is 10.5. The van der Waals surface area contributed by atoms with Crippen LogP contribution in [0.3, 0.4) is 0 Å². The Balaban J connectivity index is 0.000000633. The van der Waals surface area contributed by atoms with Crippen LogP contribution in [0, 0.1) is 5.92 Å². The van der Waals surface area contributed by atoms with Gasteiger partial charge in [-0.05, 0) is 25.2 Å². The number of aliphatic carboxylic acids is 2. The van der Waals surface area contributed by atoms with Crippen molar-refractivity contribution in [2.45, 2.75) is 38.7 Å². The molecule has 0 saturated carbocycles. The highest BCUT2D eigenvalue weighted by Gasteiger charge is 2.42. The summed E-state index contributed by atoms with van der Waals surface area (Å²) in [5.74, 6) is -2.65. The molecule has 0 fully saturated rings. The van der Waals surface area contributed by atoms with E-state index in [1.165, 1.54) is 5.56 Å². The molecule has 0 aliphatic heterocycles. The van der Waals surface area contributed by atoms with Crippen LogP contribution in [-0.4, -0.2) is 53.7 Å². The Morgan fingerprint density at radius 2 is 1.44 bits per heavy atom. The van der Waals surface area contributed by atoms with Crippen LogP contribution >= 0.6 is 0 Å². The van der Waals surface area contributed by atoms with Gasteiger partial charge < -0.3 is 19.8 Å². The van der Waals surface area contributed by atoms with Crippen LogP contribution < -0.4 is 0 Å². The van der Waals surface area contributed by atoms with Gasteiger partial charge >= 0.3 is 17.9 Å². The number of esters is 1. The average molecular weight is 444 g/mol. The Labute approximate surface area is 189 Å². The summed E-state index contributed by atoms with van der Waals surface area (Å²) in [6, 6.07) is 20.4. The topological polar surface area (TPSA) is 104 Å². The number of carboxylic acid groups (broad SMARTS) is 2. The molecule has 0 aliphatic carbocycles. The van der Waals surface area contributed by atoms with Gasteiger partial charge in [-0.25, -0.2) is 0 Å². The van der Waals surface area contributed by atoms with E-state index in [4.69, 9.17) is 14.9 Å². The van der Waals surface area contributed by atoms with Crippen LogP contribution in [0.25, 0.3) is 0 Å². The molecule has 2 rings (SSSR count). The zero-order valence-electron chi connectivity index (χ0n) is 19.2. The fourth-order valence-electron chi connectivity index (χ4n) is 3.48. The fraction of sp³-hybridized carbons (Fsp3) is 0.400. The van der Waals surface area contributed by atoms with Gasteiger partial charge in [0.15, 0.2) is 0 Å². The molecule has 0 heterocycles. The predicted molar refractivity (Wildman–Crippen MR) is 122 cm³/mol. The van der Waals surface area contributed by atoms with E-state index in [1.54, 1.807) is 0 Å². The van der Waals surface area contributed by atoms with Gasteiger partial charge in [0.25, 0.3) is 0 Å². The SMILES string of the molecule is CCC(=O)O[C@](Cc1ccccc1)(c1ccccc1)[C@H](C)CN(C)C.O=C(O)CC(=O)O. The zero-order valence-corrected chi connectivity index (χ0v) is 19.2. The number of benzene rings is 2. The lowest BCUT2D eigenvalue weighted by Gasteiger charge is -2.40. The molecule has 2 N–H and O–H groups in total. The third kappa shape index (κ3) is 8.89. The first-order valence-corrected chi connectivity index (χ1v) is 10.5. The summed E-state index contributed by atoms with van der Waals surface area (Å²) in [7, 11) is 4.10. The smallest absolute Gasteiger partial charge is 0.314 e. The van der Waals surface area contributed by atoms with Gasteiger partial charge in [0.2, 0.25) is 0 Å². The van der Waals surface area contributed by atoms with Crippen molar-refractivity contribution >= 4 is 17.9 Å². The average Bonchev–Trinajstić information content (AvgIpc) is 2.73. The van der Waals surface area contributed by atoms with Crippen molar-refractivity contribution in [3.63, 3.8) is 0 Å². The van der Waals surface area contributed by atoms with Gasteiger partial charge in [0, 0.05) is 25.3 Å². The molecule has 0 saturated heterocycles. The minimum Gasteiger partial charge on any atom is -0.481 e. The van der Waals surface area contributed by atoms with E-state index in [1.807, 2.05) is 43.3 Å². The molecule has 2 atom stereocenters. The van der Waals surface area contributed by atoms with E-state index in [0.29, 0.717) is 12.8 Å². The predicted octanol–water partition coefficient (Wildman–Crippen LogP) is 3.82. The molecule has 0 unspecified atom stereocenters. The molecule has 174 valence electrons. The summed E-state index contributed by atoms with van der Waals surface area (Å²) in [5.41, 5.74) is 1.54. The van der Waals surface area contributed by atoms with Crippen molar-refractivity contribution < 1.29 is 29.3 Å². The van der Waals surface area contributed by atoms with E-state index in [0.717, 1.165) is 12.1 Å². The quantitative estimate of drug-likeness (QED) is 0.425. The molecule has 7 heteroatoms. The highest BCUT2D eigenvalue weighted by Crippen LogP contribution is 2.38. The number of nitrogens with zero attached hydrogens (tertiary/aromatic N) is 1. The Morgan fingerprint density at radius 1 is 0.938 bits per heavy atom. The number of carbonyl (C=O) groups excluding carboxylic acids is 1. The van der Waals surface area contributed by atoms with Gasteiger partial charge in [-0.1, -0.05) is 74.5 Å². The van der Waals surface area contributed by atoms with Crippen molar-refractivity contribution in [3.05, 3.63) is 71.8 Å². The summed E-state index contributed by atoms with van der Waals surface area (Å²) in [6.45, 7) is 4.84. The number of ether oxygens (including phenoxy) is 1. The van der Waals surface area contributed by atoms with Crippen LogP contribution in [0.1, 0.15) is 37.8 Å². The van der Waals surface area contributed by atoms with E-state index >= 15 is 0 Å². The number of hydrogen-bond acceptors (Lipinski definition) is 5. The van der Waals surface area contributed by atoms with Gasteiger partial charge in [0.05, 0.1) is 0 Å². The lowest BCUT2D eigenvalue weighted by Crippen LogP contribution is -2.44. The molecule has 2 aromatic carbocycles. The van der Waals surface area contributed by atoms with E-state index in [9.17, 15) is 14.4 Å². The maximum Gasteiger partial charge on any atom is 0.314 e. The fourth-order valence-corrected chi connectivity index (χ4v) is 3.48. The number of carbonyl (C=O) groups is 3. The second-order valence-electron chi connectivity index (χ2n) is 7.87. The molecule has 0 spiro atoms. The zero-order chi connectivity index (χ0) is 24.1. The third-order valence-electron chi connectivity index (χ3n) is 4.89. The van der Waals surface area contributed by atoms with Crippen molar-refractivity contribution in [1.82, 2.24) is 4.90 Å². The maximum absolute atomic E-state index is 12.3. The lowest BCUT2D eigenvalue weighted by molar-refractivity contribution is -0.168. The van der Waals surface area contributed by atoms with E-state index in [-0.39, 0.29) is 11.9 Å². The van der Waals surface area contributed by atoms with Gasteiger partial charge in [-0.2, -0.15) is 0 Å². The highest BCUT2D eigenvalue weighted by molar-refractivity contribution is 5.88. The largest absolute Gasteiger partial charge is 0.481 e. The second kappa shape index (κ2) is 13.3. The van der Waals surface area contributed by atoms with Gasteiger partial charge in [-0.3, -0.25) is 14.4 Å². The third-order valence-corrected chi connectivity index (χ3v) is 4.89. The molecule has 0 aromatic heterocycles. The van der Waals surface area contributed by atoms with Crippen LogP contribution in [0.4, 0.5) is 0 Å². The van der Waals surface area contributed by atoms with Crippen molar-refractivity contribution in [2.24, 2.45) is 5.92 Å². The normalized spacial score (nSPS) is 13.3. The number of hydrogen-bond donors (Lipinski definition) is 2. The highest BCUT2D eigenvalue weighted by atomic mass is 16.6. The molecule has 0 aliphatic rings. The summed E-state index contributed by atoms with van der Waals surface area (Å²) >= 11 is 0. The first kappa shape index (κ1) is 26.8. The Kier molecular flexibility index (Phi) is 11.1. The molecule has 0 radical (unpaired) electrons. The van der Waals surface area contributed by atoms with Crippen molar-refractivity contribution in [1.29, 1.82) is 0 Å². The second-order valence-corrected chi connectivity index (χ2v) is 7.87. The minimum absolute atomic E-state index is 0.139. The molecule has 32 heavy (non-hydrogen) atoms. The van der Waals surface area contributed by atoms with Crippen molar-refractivity contribution in [3.8, 4) is 0 Å². The number of carboxylic acids is 2. The monoisotopic (exact) mass is 443 g/mol. The molecule has 7 nitrogen and oxygen atoms in total. The van der Waals surface area contributed by atoms with Crippen LogP contribution in [-0.2, 0) is 31.1 Å². The summed E-state index contributed by atoms with van der Waals surface area (Å²) < 4.78 is 6.17. The Hall–Kier alpha value is -3.19. The molecular weight excluding hydrogens is 410 g/mol. The summed E-state index contributed by atoms with van der Waals surface area (Å²) in [4.78, 5) is 33.3. The molecule has 2 aromatic rings. The van der Waals surface area contributed by atoms with E-state index in [2.05, 4.69) is 50.2 Å². The maximum atomic E-state index is 12.3. The molecule has 0 bridgehead atoms. The Morgan fingerprint density at radius 3 is 1.84 bits per heavy atom. The van der Waals surface area contributed by atoms with Crippen LogP contribution in [0.5, 0.6) is 0 Å². The van der Waals surface area contributed by atoms with Crippen molar-refractivity contribution in [2.75, 3.05) is 20.6 Å². The molecular formula is C25H33NO6. The summed E-state index contributed by atoms with van der Waals surface area (Å²) in [5, 5.41) is 15.4. The minimum atomic E-state index is -1.31. The lowest BCUT2D eigenvalue weighted by atomic mass is 9.77. The standard InChI is InChI=1S/C22H29NO2.C3H4O4/c1-5-21(24)25-22(18(2)17-23(3)4,20-14-10-7-11-15-20)16-19-12-8-6-9-13-19;4-2(5)1-3(6)7/h6-15,18H,5,16-17H2,1-4H3;1H2,(H,4,5)(H,6,7)/t18-,22+;/m1./s1. The Bertz CT molecular complexity index is 841. The summed E-state index contributed by atoms with van der Waals surface area (Å²) in [6.07, 6.45) is 0.233. The van der Waals surface area contributed by atoms with Gasteiger partial charge in [0.1, 0.15) is 12.0 Å². The molecule has 0 amide bonds. The number of rotatable bonds is 10. The van der Waals surface area contributed by atoms with Crippen LogP contribution in [0.2, 0.25) is 0 Å². The first-order chi connectivity index (χ1) is 15.1. The van der Waals surface area contributed by atoms with Crippen LogP contribution in [0.15, 0.2) is 60.7 Å². The van der Waals surface area contributed by atoms with E-state index < -0.39 is 24.0 Å².